The lowest BCUT2D eigenvalue weighted by molar-refractivity contribution is -0.136. The number of unbranched alkanes of at least 4 members (excludes halogenated alkanes) is 10. The summed E-state index contributed by atoms with van der Waals surface area (Å²) in [6, 6.07) is 7.37. The van der Waals surface area contributed by atoms with Crippen molar-refractivity contribution in [1.29, 1.82) is 0 Å². The number of esters is 5. The Kier molecular flexibility index (Phi) is 21.7. The third-order valence-corrected chi connectivity index (χ3v) is 8.27. The molecule has 0 aliphatic heterocycles. The van der Waals surface area contributed by atoms with Crippen LogP contribution in [0.15, 0.2) is 30.3 Å². The van der Waals surface area contributed by atoms with Crippen LogP contribution >= 0.6 is 0 Å². The Morgan fingerprint density at radius 3 is 0.923 bits per heavy atom. The lowest BCUT2D eigenvalue weighted by Crippen LogP contribution is -2.13. The van der Waals surface area contributed by atoms with Gasteiger partial charge < -0.3 is 23.7 Å². The van der Waals surface area contributed by atoms with Crippen LogP contribution in [0.4, 0.5) is 0 Å². The highest BCUT2D eigenvalue weighted by atomic mass is 16.6. The number of hydrogen-bond acceptors (Lipinski definition) is 10. The van der Waals surface area contributed by atoms with Gasteiger partial charge >= 0.3 is 29.8 Å². The van der Waals surface area contributed by atoms with Crippen molar-refractivity contribution in [2.45, 2.75) is 163 Å². The van der Waals surface area contributed by atoms with E-state index in [9.17, 15) is 24.0 Å². The number of rotatable bonds is 26. The van der Waals surface area contributed by atoms with Crippen LogP contribution in [0.5, 0.6) is 28.7 Å². The minimum absolute atomic E-state index is 0.0247. The number of ether oxygens (including phenoxy) is 5. The Balaban J connectivity index is 2.76. The summed E-state index contributed by atoms with van der Waals surface area (Å²) in [6.45, 7) is 10.2. The first kappa shape index (κ1) is 44.0. The minimum Gasteiger partial charge on any atom is -0.426 e. The minimum atomic E-state index is -0.526. The SMILES string of the molecule is CCCCCC(=O)Oc1cc(OC(=O)CCCCC)cc(-c2c(OC(=O)CCCCC)cc(OC(=O)CCCCC)cc2OC(=O)CCCCC)c1. The van der Waals surface area contributed by atoms with Crippen molar-refractivity contribution in [3.8, 4) is 39.9 Å². The van der Waals surface area contributed by atoms with E-state index in [1.165, 1.54) is 18.2 Å². The first-order valence-electron chi connectivity index (χ1n) is 19.5. The van der Waals surface area contributed by atoms with Crippen molar-refractivity contribution in [2.75, 3.05) is 0 Å². The Hall–Kier alpha value is -4.21. The zero-order valence-corrected chi connectivity index (χ0v) is 32.1. The summed E-state index contributed by atoms with van der Waals surface area (Å²) in [6.07, 6.45) is 12.9. The van der Waals surface area contributed by atoms with Gasteiger partial charge in [-0.05, 0) is 49.8 Å². The van der Waals surface area contributed by atoms with Crippen LogP contribution in [0.3, 0.4) is 0 Å². The van der Waals surface area contributed by atoms with Gasteiger partial charge in [-0.15, -0.1) is 0 Å². The van der Waals surface area contributed by atoms with Gasteiger partial charge in [0, 0.05) is 50.3 Å². The van der Waals surface area contributed by atoms with E-state index in [1.54, 1.807) is 12.1 Å². The van der Waals surface area contributed by atoms with E-state index >= 15 is 0 Å². The van der Waals surface area contributed by atoms with E-state index in [2.05, 4.69) is 0 Å². The molecule has 0 amide bonds. The molecule has 10 nitrogen and oxygen atoms in total. The second-order valence-electron chi connectivity index (χ2n) is 13.1. The Morgan fingerprint density at radius 2 is 0.635 bits per heavy atom. The van der Waals surface area contributed by atoms with Gasteiger partial charge in [0.05, 0.1) is 5.56 Å². The van der Waals surface area contributed by atoms with Crippen molar-refractivity contribution < 1.29 is 47.7 Å². The van der Waals surface area contributed by atoms with Crippen LogP contribution in [0.1, 0.15) is 163 Å². The molecule has 0 fully saturated rings. The molecular formula is C42H60O10. The van der Waals surface area contributed by atoms with E-state index in [4.69, 9.17) is 23.7 Å². The molecule has 2 rings (SSSR count). The summed E-state index contributed by atoms with van der Waals surface area (Å²) in [5.41, 5.74) is 0.467. The highest BCUT2D eigenvalue weighted by Gasteiger charge is 2.24. The summed E-state index contributed by atoms with van der Waals surface area (Å²) < 4.78 is 29.0. The molecule has 0 aromatic heterocycles. The summed E-state index contributed by atoms with van der Waals surface area (Å²) in [5.74, 6) is -2.25. The van der Waals surface area contributed by atoms with E-state index < -0.39 is 29.8 Å². The van der Waals surface area contributed by atoms with Crippen LogP contribution in [-0.2, 0) is 24.0 Å². The third kappa shape index (κ3) is 17.3. The lowest BCUT2D eigenvalue weighted by Gasteiger charge is -2.18. The summed E-state index contributed by atoms with van der Waals surface area (Å²) in [4.78, 5) is 64.9. The predicted octanol–water partition coefficient (Wildman–Crippen LogP) is 10.8. The molecule has 52 heavy (non-hydrogen) atoms. The molecule has 0 bridgehead atoms. The molecule has 0 saturated carbocycles. The highest BCUT2D eigenvalue weighted by Crippen LogP contribution is 2.45. The number of carbonyl (C=O) groups excluding carboxylic acids is 5. The van der Waals surface area contributed by atoms with E-state index in [-0.39, 0.29) is 66.4 Å². The molecule has 0 heterocycles. The van der Waals surface area contributed by atoms with Crippen LogP contribution in [0, 0.1) is 0 Å². The summed E-state index contributed by atoms with van der Waals surface area (Å²) in [5, 5.41) is 0. The molecule has 0 saturated heterocycles. The number of benzene rings is 2. The standard InChI is InChI=1S/C42H60O10/c1-6-11-16-21-37(43)48-32-26-31(27-33(28-32)49-38(44)22-17-12-7-2)42-35(51-40(46)24-19-14-9-4)29-34(50-39(45)23-18-13-8-3)30-36(42)52-41(47)25-20-15-10-5/h26-30H,6-25H2,1-5H3. The molecule has 288 valence electrons. The van der Waals surface area contributed by atoms with Crippen LogP contribution in [0.25, 0.3) is 11.1 Å². The zero-order valence-electron chi connectivity index (χ0n) is 32.1. The molecule has 0 unspecified atom stereocenters. The first-order chi connectivity index (χ1) is 25.1. The Morgan fingerprint density at radius 1 is 0.365 bits per heavy atom. The molecule has 0 N–H and O–H groups in total. The molecule has 0 spiro atoms. The molecule has 2 aromatic rings. The van der Waals surface area contributed by atoms with Crippen molar-refractivity contribution in [3.63, 3.8) is 0 Å². The maximum absolute atomic E-state index is 13.2. The number of carbonyl (C=O) groups is 5. The number of hydrogen-bond donors (Lipinski definition) is 0. The summed E-state index contributed by atoms with van der Waals surface area (Å²) >= 11 is 0. The van der Waals surface area contributed by atoms with E-state index in [1.807, 2.05) is 34.6 Å². The van der Waals surface area contributed by atoms with Gasteiger partial charge in [-0.2, -0.15) is 0 Å². The fourth-order valence-corrected chi connectivity index (χ4v) is 5.40. The largest absolute Gasteiger partial charge is 0.426 e. The fourth-order valence-electron chi connectivity index (χ4n) is 5.40. The van der Waals surface area contributed by atoms with Gasteiger partial charge in [0.2, 0.25) is 0 Å². The average molecular weight is 725 g/mol. The summed E-state index contributed by atoms with van der Waals surface area (Å²) in [7, 11) is 0. The van der Waals surface area contributed by atoms with Crippen LogP contribution < -0.4 is 23.7 Å². The predicted molar refractivity (Wildman–Crippen MR) is 201 cm³/mol. The second-order valence-corrected chi connectivity index (χ2v) is 13.1. The van der Waals surface area contributed by atoms with Gasteiger partial charge in [-0.3, -0.25) is 24.0 Å². The highest BCUT2D eigenvalue weighted by molar-refractivity contribution is 5.87. The molecule has 0 aliphatic rings. The topological polar surface area (TPSA) is 132 Å². The fraction of sp³-hybridized carbons (Fsp3) is 0.595. The molecule has 0 radical (unpaired) electrons. The van der Waals surface area contributed by atoms with Crippen molar-refractivity contribution >= 4 is 29.8 Å². The Labute approximate surface area is 310 Å². The van der Waals surface area contributed by atoms with Crippen molar-refractivity contribution in [2.24, 2.45) is 0 Å². The average Bonchev–Trinajstić information content (AvgIpc) is 3.08. The van der Waals surface area contributed by atoms with Gasteiger partial charge in [0.15, 0.2) is 0 Å². The maximum Gasteiger partial charge on any atom is 0.311 e. The van der Waals surface area contributed by atoms with Gasteiger partial charge in [0.1, 0.15) is 28.7 Å². The molecule has 2 aromatic carbocycles. The lowest BCUT2D eigenvalue weighted by atomic mass is 10.0. The van der Waals surface area contributed by atoms with Crippen LogP contribution in [-0.4, -0.2) is 29.8 Å². The monoisotopic (exact) mass is 724 g/mol. The van der Waals surface area contributed by atoms with Crippen molar-refractivity contribution in [1.82, 2.24) is 0 Å². The first-order valence-corrected chi connectivity index (χ1v) is 19.5. The molecular weight excluding hydrogens is 664 g/mol. The molecule has 0 aliphatic carbocycles. The van der Waals surface area contributed by atoms with E-state index in [0.717, 1.165) is 64.2 Å². The van der Waals surface area contributed by atoms with Crippen molar-refractivity contribution in [3.05, 3.63) is 30.3 Å². The van der Waals surface area contributed by atoms with Gasteiger partial charge in [-0.25, -0.2) is 0 Å². The normalized spacial score (nSPS) is 10.8. The Bertz CT molecular complexity index is 1340. The maximum atomic E-state index is 13.2. The molecule has 10 heteroatoms. The van der Waals surface area contributed by atoms with Crippen LogP contribution in [0.2, 0.25) is 0 Å². The van der Waals surface area contributed by atoms with E-state index in [0.29, 0.717) is 37.7 Å². The zero-order chi connectivity index (χ0) is 38.1. The second kappa shape index (κ2) is 25.7. The van der Waals surface area contributed by atoms with Gasteiger partial charge in [0.25, 0.3) is 0 Å². The quantitative estimate of drug-likeness (QED) is 0.0524. The third-order valence-electron chi connectivity index (χ3n) is 8.27. The van der Waals surface area contributed by atoms with Gasteiger partial charge in [-0.1, -0.05) is 98.8 Å². The molecule has 0 atom stereocenters. The smallest absolute Gasteiger partial charge is 0.311 e.